The van der Waals surface area contributed by atoms with Gasteiger partial charge in [-0.3, -0.25) is 14.3 Å². The highest BCUT2D eigenvalue weighted by Crippen LogP contribution is 2.39. The molecule has 1 aromatic heterocycles. The molecule has 1 aliphatic heterocycles. The molecular weight excluding hydrogens is 471 g/mol. The standard InChI is InChI=1S/C30H33FN2O4/c1-30(2,3)37-29(36)33-18-20(22-8-5-7-11-25(22)33)16-21-17-32(15-14-26(21)34)27(28(35)19-12-13-19)23-9-4-6-10-24(23)31/h4-11,16,18-19,26-27,34H,12-15,17H2,1-3H3. The van der Waals surface area contributed by atoms with Crippen LogP contribution in [0.5, 0.6) is 0 Å². The van der Waals surface area contributed by atoms with E-state index in [4.69, 9.17) is 4.74 Å². The van der Waals surface area contributed by atoms with Gasteiger partial charge in [-0.25, -0.2) is 9.18 Å². The van der Waals surface area contributed by atoms with Crippen LogP contribution < -0.4 is 0 Å². The van der Waals surface area contributed by atoms with Gasteiger partial charge < -0.3 is 9.84 Å². The summed E-state index contributed by atoms with van der Waals surface area (Å²) in [5.41, 5.74) is 1.95. The monoisotopic (exact) mass is 504 g/mol. The summed E-state index contributed by atoms with van der Waals surface area (Å²) in [4.78, 5) is 28.2. The number of aromatic nitrogens is 1. The van der Waals surface area contributed by atoms with Crippen molar-refractivity contribution in [2.24, 2.45) is 5.92 Å². The zero-order valence-corrected chi connectivity index (χ0v) is 21.5. The van der Waals surface area contributed by atoms with Crippen LogP contribution in [0.15, 0.2) is 60.3 Å². The molecule has 1 saturated carbocycles. The maximum atomic E-state index is 14.8. The number of carbonyl (C=O) groups excluding carboxylic acids is 2. The first-order valence-electron chi connectivity index (χ1n) is 12.9. The van der Waals surface area contributed by atoms with E-state index >= 15 is 0 Å². The van der Waals surface area contributed by atoms with Crippen LogP contribution in [0.4, 0.5) is 9.18 Å². The Morgan fingerprint density at radius 1 is 1.08 bits per heavy atom. The Balaban J connectivity index is 1.50. The molecule has 194 valence electrons. The number of ether oxygens (including phenoxy) is 1. The Bertz CT molecular complexity index is 1370. The van der Waals surface area contributed by atoms with Gasteiger partial charge in [0.25, 0.3) is 0 Å². The number of Topliss-reactive ketones (excluding diaryl/α,β-unsaturated/α-hetero) is 1. The number of para-hydroxylation sites is 1. The van der Waals surface area contributed by atoms with Gasteiger partial charge in [-0.15, -0.1) is 0 Å². The maximum absolute atomic E-state index is 14.8. The van der Waals surface area contributed by atoms with Crippen molar-refractivity contribution in [1.82, 2.24) is 9.47 Å². The van der Waals surface area contributed by atoms with Crippen molar-refractivity contribution >= 4 is 28.9 Å². The number of halogens is 1. The van der Waals surface area contributed by atoms with E-state index in [2.05, 4.69) is 0 Å². The molecule has 0 amide bonds. The van der Waals surface area contributed by atoms with Crippen LogP contribution in [0.25, 0.3) is 17.0 Å². The number of likely N-dealkylation sites (tertiary alicyclic amines) is 1. The molecule has 3 aromatic rings. The lowest BCUT2D eigenvalue weighted by Gasteiger charge is -2.37. The number of hydrogen-bond acceptors (Lipinski definition) is 5. The smallest absolute Gasteiger partial charge is 0.419 e. The molecular formula is C30H33FN2O4. The third-order valence-electron chi connectivity index (χ3n) is 6.99. The number of benzene rings is 2. The molecule has 2 aliphatic rings. The number of fused-ring (bicyclic) bond motifs is 1. The minimum atomic E-state index is -0.697. The van der Waals surface area contributed by atoms with Crippen molar-refractivity contribution in [2.75, 3.05) is 13.1 Å². The molecule has 1 saturated heterocycles. The molecule has 2 fully saturated rings. The highest BCUT2D eigenvalue weighted by atomic mass is 19.1. The molecule has 2 aromatic carbocycles. The molecule has 1 aliphatic carbocycles. The van der Waals surface area contributed by atoms with Crippen molar-refractivity contribution < 1.29 is 23.8 Å². The van der Waals surface area contributed by atoms with Crippen LogP contribution in [0.2, 0.25) is 0 Å². The highest BCUT2D eigenvalue weighted by Gasteiger charge is 2.41. The van der Waals surface area contributed by atoms with Crippen molar-refractivity contribution in [3.05, 3.63) is 77.2 Å². The molecule has 5 rings (SSSR count). The Morgan fingerprint density at radius 2 is 1.78 bits per heavy atom. The summed E-state index contributed by atoms with van der Waals surface area (Å²) in [6, 6.07) is 13.3. The van der Waals surface area contributed by atoms with E-state index in [1.54, 1.807) is 24.4 Å². The van der Waals surface area contributed by atoms with E-state index in [-0.39, 0.29) is 11.7 Å². The summed E-state index contributed by atoms with van der Waals surface area (Å²) >= 11 is 0. The first-order chi connectivity index (χ1) is 17.6. The third kappa shape index (κ3) is 5.38. The van der Waals surface area contributed by atoms with E-state index in [0.29, 0.717) is 30.6 Å². The summed E-state index contributed by atoms with van der Waals surface area (Å²) in [7, 11) is 0. The van der Waals surface area contributed by atoms with Crippen molar-refractivity contribution in [1.29, 1.82) is 0 Å². The molecule has 7 heteroatoms. The van der Waals surface area contributed by atoms with Gasteiger partial charge in [0.2, 0.25) is 0 Å². The second kappa shape index (κ2) is 9.88. The molecule has 0 radical (unpaired) electrons. The largest absolute Gasteiger partial charge is 0.443 e. The van der Waals surface area contributed by atoms with Crippen molar-refractivity contribution in [3.63, 3.8) is 0 Å². The Morgan fingerprint density at radius 3 is 2.49 bits per heavy atom. The lowest BCUT2D eigenvalue weighted by molar-refractivity contribution is -0.126. The van der Waals surface area contributed by atoms with E-state index < -0.39 is 29.7 Å². The van der Waals surface area contributed by atoms with Crippen molar-refractivity contribution in [2.45, 2.75) is 57.8 Å². The fourth-order valence-corrected chi connectivity index (χ4v) is 5.06. The van der Waals surface area contributed by atoms with Crippen LogP contribution in [0, 0.1) is 11.7 Å². The van der Waals surface area contributed by atoms with Gasteiger partial charge >= 0.3 is 6.09 Å². The lowest BCUT2D eigenvalue weighted by atomic mass is 9.92. The fourth-order valence-electron chi connectivity index (χ4n) is 5.06. The van der Waals surface area contributed by atoms with Gasteiger partial charge in [-0.05, 0) is 63.8 Å². The molecule has 2 atom stereocenters. The first kappa shape index (κ1) is 25.4. The topological polar surface area (TPSA) is 71.8 Å². The van der Waals surface area contributed by atoms with E-state index in [0.717, 1.165) is 29.4 Å². The van der Waals surface area contributed by atoms with Gasteiger partial charge in [0.1, 0.15) is 11.4 Å². The number of carbonyl (C=O) groups is 2. The van der Waals surface area contributed by atoms with E-state index in [9.17, 15) is 19.1 Å². The number of nitrogens with zero attached hydrogens (tertiary/aromatic N) is 2. The van der Waals surface area contributed by atoms with Crippen LogP contribution >= 0.6 is 0 Å². The quantitative estimate of drug-likeness (QED) is 0.480. The summed E-state index contributed by atoms with van der Waals surface area (Å²) in [6.07, 6.45) is 4.55. The molecule has 6 nitrogen and oxygen atoms in total. The first-order valence-corrected chi connectivity index (χ1v) is 12.9. The molecule has 2 unspecified atom stereocenters. The number of aliphatic hydroxyl groups is 1. The van der Waals surface area contributed by atoms with E-state index in [1.807, 2.05) is 56.0 Å². The number of hydrogen-bond donors (Lipinski definition) is 1. The normalized spacial score (nSPS) is 20.8. The Kier molecular flexibility index (Phi) is 6.77. The molecule has 2 heterocycles. The second-order valence-electron chi connectivity index (χ2n) is 11.0. The summed E-state index contributed by atoms with van der Waals surface area (Å²) < 4.78 is 21.9. The molecule has 1 N–H and O–H groups in total. The van der Waals surface area contributed by atoms with Gasteiger partial charge in [-0.1, -0.05) is 36.4 Å². The molecule has 37 heavy (non-hydrogen) atoms. The highest BCUT2D eigenvalue weighted by molar-refractivity contribution is 5.96. The minimum absolute atomic E-state index is 0.0318. The van der Waals surface area contributed by atoms with Crippen molar-refractivity contribution in [3.8, 4) is 0 Å². The van der Waals surface area contributed by atoms with Crippen LogP contribution in [-0.4, -0.2) is 51.2 Å². The van der Waals surface area contributed by atoms with Gasteiger partial charge in [0.05, 0.1) is 17.7 Å². The minimum Gasteiger partial charge on any atom is -0.443 e. The third-order valence-corrected chi connectivity index (χ3v) is 6.99. The number of rotatable bonds is 5. The zero-order valence-electron chi connectivity index (χ0n) is 21.5. The van der Waals surface area contributed by atoms with Crippen LogP contribution in [0.1, 0.15) is 57.2 Å². The average Bonchev–Trinajstić information content (AvgIpc) is 3.63. The number of piperidine rings is 1. The lowest BCUT2D eigenvalue weighted by Crippen LogP contribution is -2.43. The van der Waals surface area contributed by atoms with Crippen LogP contribution in [0.3, 0.4) is 0 Å². The Hall–Kier alpha value is -3.29. The van der Waals surface area contributed by atoms with Crippen LogP contribution in [-0.2, 0) is 9.53 Å². The molecule has 0 spiro atoms. The Labute approximate surface area is 216 Å². The second-order valence-corrected chi connectivity index (χ2v) is 11.0. The molecule has 0 bridgehead atoms. The van der Waals surface area contributed by atoms with E-state index in [1.165, 1.54) is 10.6 Å². The average molecular weight is 505 g/mol. The summed E-state index contributed by atoms with van der Waals surface area (Å²) in [6.45, 7) is 6.27. The number of aliphatic hydroxyl groups excluding tert-OH is 1. The predicted octanol–water partition coefficient (Wildman–Crippen LogP) is 5.73. The maximum Gasteiger partial charge on any atom is 0.419 e. The summed E-state index contributed by atoms with van der Waals surface area (Å²) in [5, 5.41) is 11.8. The fraction of sp³-hybridized carbons (Fsp3) is 0.400. The van der Waals surface area contributed by atoms with Gasteiger partial charge in [0.15, 0.2) is 5.78 Å². The zero-order chi connectivity index (χ0) is 26.3. The van der Waals surface area contributed by atoms with Gasteiger partial charge in [-0.2, -0.15) is 0 Å². The number of ketones is 1. The summed E-state index contributed by atoms with van der Waals surface area (Å²) in [5.74, 6) is -0.378. The SMILES string of the molecule is CC(C)(C)OC(=O)n1cc(C=C2CN(C(C(=O)C3CC3)c3ccccc3F)CCC2O)c2ccccc21. The van der Waals surface area contributed by atoms with Gasteiger partial charge in [0, 0.05) is 41.7 Å². The predicted molar refractivity (Wildman–Crippen MR) is 141 cm³/mol.